The molecule has 1 heterocycles. The number of piperidine rings is 1. The Labute approximate surface area is 167 Å². The summed E-state index contributed by atoms with van der Waals surface area (Å²) in [6.07, 6.45) is 2.21. The molecular weight excluding hydrogens is 372 g/mol. The molecule has 0 spiro atoms. The fourth-order valence-corrected chi connectivity index (χ4v) is 4.60. The van der Waals surface area contributed by atoms with Crippen molar-refractivity contribution in [3.63, 3.8) is 0 Å². The van der Waals surface area contributed by atoms with Gasteiger partial charge in [0, 0.05) is 19.6 Å². The molecule has 6 heteroatoms. The number of likely N-dealkylation sites (tertiary alicyclic amines) is 1. The van der Waals surface area contributed by atoms with E-state index in [1.54, 1.807) is 24.3 Å². The van der Waals surface area contributed by atoms with Gasteiger partial charge in [0.25, 0.3) is 0 Å². The Bertz CT molecular complexity index is 906. The molecular formula is C22H28N2O3S. The molecule has 0 saturated carbocycles. The smallest absolute Gasteiger partial charge is 0.240 e. The lowest BCUT2D eigenvalue weighted by Gasteiger charge is -2.33. The zero-order valence-electron chi connectivity index (χ0n) is 16.5. The SMILES string of the molecule is Cc1ccc(CC(=O)N2CCCC(CNS(=O)(=O)c3ccc(C)cc3)C2)cc1. The van der Waals surface area contributed by atoms with Crippen LogP contribution in [0.5, 0.6) is 0 Å². The predicted molar refractivity (Wildman–Crippen MR) is 111 cm³/mol. The van der Waals surface area contributed by atoms with Gasteiger partial charge in [-0.25, -0.2) is 13.1 Å². The van der Waals surface area contributed by atoms with Crippen LogP contribution in [0.3, 0.4) is 0 Å². The van der Waals surface area contributed by atoms with Gasteiger partial charge in [-0.05, 0) is 50.3 Å². The van der Waals surface area contributed by atoms with Crippen molar-refractivity contribution in [3.8, 4) is 0 Å². The Kier molecular flexibility index (Phi) is 6.52. The van der Waals surface area contributed by atoms with E-state index in [4.69, 9.17) is 0 Å². The van der Waals surface area contributed by atoms with E-state index in [-0.39, 0.29) is 16.7 Å². The molecule has 1 unspecified atom stereocenters. The lowest BCUT2D eigenvalue weighted by molar-refractivity contribution is -0.132. The van der Waals surface area contributed by atoms with E-state index < -0.39 is 10.0 Å². The number of nitrogens with zero attached hydrogens (tertiary/aromatic N) is 1. The second kappa shape index (κ2) is 8.88. The van der Waals surface area contributed by atoms with Crippen molar-refractivity contribution < 1.29 is 13.2 Å². The average Bonchev–Trinajstić information content (AvgIpc) is 2.69. The first kappa shape index (κ1) is 20.6. The Morgan fingerprint density at radius 3 is 2.29 bits per heavy atom. The first-order valence-corrected chi connectivity index (χ1v) is 11.2. The summed E-state index contributed by atoms with van der Waals surface area (Å²) in [5, 5.41) is 0. The van der Waals surface area contributed by atoms with Gasteiger partial charge in [-0.1, -0.05) is 47.5 Å². The highest BCUT2D eigenvalue weighted by Crippen LogP contribution is 2.18. The maximum atomic E-state index is 12.6. The normalized spacial score (nSPS) is 17.5. The predicted octanol–water partition coefficient (Wildman–Crippen LogP) is 3.06. The second-order valence-corrected chi connectivity index (χ2v) is 9.44. The summed E-state index contributed by atoms with van der Waals surface area (Å²) in [5.41, 5.74) is 3.21. The molecule has 0 bridgehead atoms. The van der Waals surface area contributed by atoms with Crippen LogP contribution >= 0.6 is 0 Å². The number of carbonyl (C=O) groups excluding carboxylic acids is 1. The van der Waals surface area contributed by atoms with E-state index in [0.29, 0.717) is 19.5 Å². The van der Waals surface area contributed by atoms with Gasteiger partial charge in [-0.15, -0.1) is 0 Å². The number of amides is 1. The summed E-state index contributed by atoms with van der Waals surface area (Å²) >= 11 is 0. The summed E-state index contributed by atoms with van der Waals surface area (Å²) in [4.78, 5) is 14.8. The topological polar surface area (TPSA) is 66.5 Å². The third kappa shape index (κ3) is 5.42. The van der Waals surface area contributed by atoms with Crippen molar-refractivity contribution in [2.45, 2.75) is 38.0 Å². The average molecular weight is 401 g/mol. The third-order valence-electron chi connectivity index (χ3n) is 5.24. The van der Waals surface area contributed by atoms with Crippen molar-refractivity contribution in [2.24, 2.45) is 5.92 Å². The summed E-state index contributed by atoms with van der Waals surface area (Å²) < 4.78 is 27.7. The van der Waals surface area contributed by atoms with E-state index in [9.17, 15) is 13.2 Å². The van der Waals surface area contributed by atoms with Crippen molar-refractivity contribution in [2.75, 3.05) is 19.6 Å². The van der Waals surface area contributed by atoms with Gasteiger partial charge in [-0.2, -0.15) is 0 Å². The molecule has 5 nitrogen and oxygen atoms in total. The van der Waals surface area contributed by atoms with Gasteiger partial charge in [0.1, 0.15) is 0 Å². The van der Waals surface area contributed by atoms with E-state index >= 15 is 0 Å². The monoisotopic (exact) mass is 400 g/mol. The summed E-state index contributed by atoms with van der Waals surface area (Å²) in [6.45, 7) is 5.64. The number of benzene rings is 2. The number of hydrogen-bond acceptors (Lipinski definition) is 3. The maximum Gasteiger partial charge on any atom is 0.240 e. The molecule has 1 fully saturated rings. The highest BCUT2D eigenvalue weighted by atomic mass is 32.2. The minimum Gasteiger partial charge on any atom is -0.342 e. The van der Waals surface area contributed by atoms with Crippen LogP contribution in [-0.4, -0.2) is 38.9 Å². The first-order valence-electron chi connectivity index (χ1n) is 9.73. The third-order valence-corrected chi connectivity index (χ3v) is 6.68. The molecule has 1 amide bonds. The summed E-state index contributed by atoms with van der Waals surface area (Å²) in [5.74, 6) is 0.242. The molecule has 150 valence electrons. The molecule has 0 aromatic heterocycles. The Balaban J connectivity index is 1.55. The van der Waals surface area contributed by atoms with Crippen LogP contribution in [0, 0.1) is 19.8 Å². The number of hydrogen-bond donors (Lipinski definition) is 1. The van der Waals surface area contributed by atoms with Crippen LogP contribution in [0.4, 0.5) is 0 Å². The fourth-order valence-electron chi connectivity index (χ4n) is 3.48. The van der Waals surface area contributed by atoms with E-state index in [2.05, 4.69) is 4.72 Å². The van der Waals surface area contributed by atoms with Crippen LogP contribution < -0.4 is 4.72 Å². The van der Waals surface area contributed by atoms with Crippen LogP contribution in [0.2, 0.25) is 0 Å². The van der Waals surface area contributed by atoms with Gasteiger partial charge in [0.05, 0.1) is 11.3 Å². The minimum atomic E-state index is -3.52. The van der Waals surface area contributed by atoms with Crippen LogP contribution in [0.1, 0.15) is 29.5 Å². The Hall–Kier alpha value is -2.18. The minimum absolute atomic E-state index is 0.106. The van der Waals surface area contributed by atoms with Crippen molar-refractivity contribution in [1.82, 2.24) is 9.62 Å². The first-order chi connectivity index (χ1) is 13.3. The highest BCUT2D eigenvalue weighted by molar-refractivity contribution is 7.89. The number of nitrogens with one attached hydrogen (secondary N) is 1. The van der Waals surface area contributed by atoms with Gasteiger partial charge in [-0.3, -0.25) is 4.79 Å². The highest BCUT2D eigenvalue weighted by Gasteiger charge is 2.25. The van der Waals surface area contributed by atoms with Crippen LogP contribution in [0.25, 0.3) is 0 Å². The molecule has 2 aromatic carbocycles. The molecule has 1 saturated heterocycles. The maximum absolute atomic E-state index is 12.6. The molecule has 28 heavy (non-hydrogen) atoms. The van der Waals surface area contributed by atoms with Crippen molar-refractivity contribution in [1.29, 1.82) is 0 Å². The molecule has 1 N–H and O–H groups in total. The number of sulfonamides is 1. The molecule has 3 rings (SSSR count). The molecule has 1 atom stereocenters. The molecule has 2 aromatic rings. The van der Waals surface area contributed by atoms with E-state index in [1.807, 2.05) is 43.0 Å². The van der Waals surface area contributed by atoms with E-state index in [1.165, 1.54) is 5.56 Å². The lowest BCUT2D eigenvalue weighted by Crippen LogP contribution is -2.44. The molecule has 0 aliphatic carbocycles. The van der Waals surface area contributed by atoms with Gasteiger partial charge in [0.2, 0.25) is 15.9 Å². The molecule has 0 radical (unpaired) electrons. The largest absolute Gasteiger partial charge is 0.342 e. The van der Waals surface area contributed by atoms with Gasteiger partial charge < -0.3 is 4.90 Å². The summed E-state index contributed by atoms with van der Waals surface area (Å²) in [6, 6.07) is 14.8. The standard InChI is InChI=1S/C22H28N2O3S/c1-17-5-9-19(10-6-17)14-22(25)24-13-3-4-20(16-24)15-23-28(26,27)21-11-7-18(2)8-12-21/h5-12,20,23H,3-4,13-16H2,1-2H3. The van der Waals surface area contributed by atoms with E-state index in [0.717, 1.165) is 30.5 Å². The number of carbonyl (C=O) groups is 1. The second-order valence-electron chi connectivity index (χ2n) is 7.68. The van der Waals surface area contributed by atoms with Crippen LogP contribution in [0.15, 0.2) is 53.4 Å². The summed E-state index contributed by atoms with van der Waals surface area (Å²) in [7, 11) is -3.52. The lowest BCUT2D eigenvalue weighted by atomic mass is 9.97. The van der Waals surface area contributed by atoms with Gasteiger partial charge >= 0.3 is 0 Å². The van der Waals surface area contributed by atoms with Crippen LogP contribution in [-0.2, 0) is 21.2 Å². The number of aryl methyl sites for hydroxylation is 2. The van der Waals surface area contributed by atoms with Gasteiger partial charge in [0.15, 0.2) is 0 Å². The molecule has 1 aliphatic heterocycles. The Morgan fingerprint density at radius 1 is 1.04 bits per heavy atom. The zero-order valence-corrected chi connectivity index (χ0v) is 17.3. The zero-order chi connectivity index (χ0) is 20.1. The molecule has 1 aliphatic rings. The van der Waals surface area contributed by atoms with Crippen molar-refractivity contribution >= 4 is 15.9 Å². The fraction of sp³-hybridized carbons (Fsp3) is 0.409. The Morgan fingerprint density at radius 2 is 1.64 bits per heavy atom. The van der Waals surface area contributed by atoms with Crippen molar-refractivity contribution in [3.05, 3.63) is 65.2 Å². The number of rotatable bonds is 6. The quantitative estimate of drug-likeness (QED) is 0.810.